The summed E-state index contributed by atoms with van der Waals surface area (Å²) in [6, 6.07) is 0. The van der Waals surface area contributed by atoms with Gasteiger partial charge in [-0.05, 0) is 18.9 Å². The Balaban J connectivity index is 2.08. The molecular weight excluding hydrogens is 180 g/mol. The number of hydrogen-bond donors (Lipinski definition) is 2. The highest BCUT2D eigenvalue weighted by Crippen LogP contribution is 2.52. The Morgan fingerprint density at radius 3 is 2.86 bits per heavy atom. The third-order valence-electron chi connectivity index (χ3n) is 3.58. The van der Waals surface area contributed by atoms with Gasteiger partial charge in [-0.2, -0.15) is 5.10 Å². The Morgan fingerprint density at radius 1 is 1.43 bits per heavy atom. The van der Waals surface area contributed by atoms with Gasteiger partial charge >= 0.3 is 0 Å². The van der Waals surface area contributed by atoms with E-state index in [4.69, 9.17) is 0 Å². The molecule has 3 rings (SSSR count). The molecule has 14 heavy (non-hydrogen) atoms. The van der Waals surface area contributed by atoms with Gasteiger partial charge in [0.15, 0.2) is 0 Å². The van der Waals surface area contributed by atoms with Crippen LogP contribution in [0.2, 0.25) is 0 Å². The van der Waals surface area contributed by atoms with E-state index in [-0.39, 0.29) is 11.8 Å². The second-order valence-electron chi connectivity index (χ2n) is 4.26. The molecule has 0 amide bonds. The van der Waals surface area contributed by atoms with Gasteiger partial charge in [-0.25, -0.2) is 0 Å². The standard InChI is InChI=1S/C10H14N2O2/c1-2-12-4-7-5-3-6(8(7)11-12)10(14)9(5)13/h4-6,9-10,13-14H,2-3H2,1H3/t5-,6+,9-,10+/m1/s1. The lowest BCUT2D eigenvalue weighted by Crippen LogP contribution is -2.30. The van der Waals surface area contributed by atoms with Crippen LogP contribution < -0.4 is 0 Å². The Hall–Kier alpha value is -0.870. The fourth-order valence-corrected chi connectivity index (χ4v) is 2.80. The number of aryl methyl sites for hydroxylation is 1. The first kappa shape index (κ1) is 8.44. The molecule has 2 aliphatic carbocycles. The Bertz CT molecular complexity index is 343. The summed E-state index contributed by atoms with van der Waals surface area (Å²) in [7, 11) is 0. The van der Waals surface area contributed by atoms with Gasteiger partial charge in [-0.1, -0.05) is 0 Å². The lowest BCUT2D eigenvalue weighted by Gasteiger charge is -2.21. The van der Waals surface area contributed by atoms with Crippen molar-refractivity contribution >= 4 is 0 Å². The minimum absolute atomic E-state index is 0.0674. The maximum absolute atomic E-state index is 9.73. The van der Waals surface area contributed by atoms with Crippen molar-refractivity contribution in [2.75, 3.05) is 0 Å². The van der Waals surface area contributed by atoms with E-state index in [0.29, 0.717) is 0 Å². The third kappa shape index (κ3) is 0.828. The van der Waals surface area contributed by atoms with E-state index in [2.05, 4.69) is 5.10 Å². The van der Waals surface area contributed by atoms with Crippen LogP contribution in [0.4, 0.5) is 0 Å². The molecule has 0 aliphatic heterocycles. The minimum Gasteiger partial charge on any atom is -0.390 e. The summed E-state index contributed by atoms with van der Waals surface area (Å²) in [4.78, 5) is 0. The van der Waals surface area contributed by atoms with Gasteiger partial charge in [0.25, 0.3) is 0 Å². The quantitative estimate of drug-likeness (QED) is 0.672. The highest BCUT2D eigenvalue weighted by molar-refractivity contribution is 5.38. The van der Waals surface area contributed by atoms with Crippen molar-refractivity contribution in [2.24, 2.45) is 0 Å². The zero-order valence-corrected chi connectivity index (χ0v) is 8.09. The van der Waals surface area contributed by atoms with Crippen molar-refractivity contribution in [3.63, 3.8) is 0 Å². The molecular formula is C10H14N2O2. The van der Waals surface area contributed by atoms with E-state index >= 15 is 0 Å². The van der Waals surface area contributed by atoms with E-state index < -0.39 is 12.2 Å². The number of rotatable bonds is 1. The number of aliphatic hydroxyl groups is 2. The van der Waals surface area contributed by atoms with Crippen molar-refractivity contribution in [2.45, 2.75) is 43.9 Å². The van der Waals surface area contributed by atoms with Crippen molar-refractivity contribution in [1.29, 1.82) is 0 Å². The van der Waals surface area contributed by atoms with Crippen LogP contribution in [-0.4, -0.2) is 32.2 Å². The lowest BCUT2D eigenvalue weighted by atomic mass is 9.93. The summed E-state index contributed by atoms with van der Waals surface area (Å²) in [5, 5.41) is 23.9. The first-order valence-corrected chi connectivity index (χ1v) is 5.15. The average molecular weight is 194 g/mol. The fourth-order valence-electron chi connectivity index (χ4n) is 2.80. The number of hydrogen-bond acceptors (Lipinski definition) is 3. The number of aliphatic hydroxyl groups excluding tert-OH is 2. The summed E-state index contributed by atoms with van der Waals surface area (Å²) in [6.45, 7) is 2.88. The van der Waals surface area contributed by atoms with E-state index in [0.717, 1.165) is 24.2 Å². The van der Waals surface area contributed by atoms with Gasteiger partial charge in [-0.15, -0.1) is 0 Å². The Kier molecular flexibility index (Phi) is 1.56. The zero-order valence-electron chi connectivity index (χ0n) is 8.09. The van der Waals surface area contributed by atoms with Crippen LogP contribution in [0.3, 0.4) is 0 Å². The van der Waals surface area contributed by atoms with E-state index in [1.807, 2.05) is 17.8 Å². The van der Waals surface area contributed by atoms with Gasteiger partial charge in [-0.3, -0.25) is 4.68 Å². The third-order valence-corrected chi connectivity index (χ3v) is 3.58. The van der Waals surface area contributed by atoms with Crippen LogP contribution in [0.5, 0.6) is 0 Å². The van der Waals surface area contributed by atoms with Crippen LogP contribution in [0.1, 0.15) is 36.4 Å². The predicted molar refractivity (Wildman–Crippen MR) is 50.0 cm³/mol. The number of aromatic nitrogens is 2. The first-order chi connectivity index (χ1) is 6.72. The molecule has 4 nitrogen and oxygen atoms in total. The monoisotopic (exact) mass is 194 g/mol. The van der Waals surface area contributed by atoms with Crippen molar-refractivity contribution in [1.82, 2.24) is 9.78 Å². The van der Waals surface area contributed by atoms with E-state index in [1.165, 1.54) is 0 Å². The summed E-state index contributed by atoms with van der Waals surface area (Å²) in [5.74, 6) is 0.183. The van der Waals surface area contributed by atoms with E-state index in [9.17, 15) is 10.2 Å². The van der Waals surface area contributed by atoms with Gasteiger partial charge in [0.05, 0.1) is 17.9 Å². The van der Waals surface area contributed by atoms with Crippen molar-refractivity contribution in [3.8, 4) is 0 Å². The molecule has 4 heteroatoms. The molecule has 0 radical (unpaired) electrons. The summed E-state index contributed by atoms with van der Waals surface area (Å²) in [6.07, 6.45) is 1.69. The van der Waals surface area contributed by atoms with Crippen LogP contribution in [0.15, 0.2) is 6.20 Å². The lowest BCUT2D eigenvalue weighted by molar-refractivity contribution is 0.0211. The molecule has 2 N–H and O–H groups in total. The van der Waals surface area contributed by atoms with Gasteiger partial charge < -0.3 is 10.2 Å². The molecule has 1 heterocycles. The molecule has 2 bridgehead atoms. The van der Waals surface area contributed by atoms with E-state index in [1.54, 1.807) is 0 Å². The smallest absolute Gasteiger partial charge is 0.0889 e. The summed E-state index contributed by atoms with van der Waals surface area (Å²) >= 11 is 0. The SMILES string of the molecule is CCn1cc2c(n1)[C@@H]1C[C@H]2[C@@H](O)[C@H]1O. The normalized spacial score (nSPS) is 39.1. The molecule has 1 aromatic rings. The molecule has 0 aromatic carbocycles. The molecule has 0 unspecified atom stereocenters. The Labute approximate surface area is 82.2 Å². The highest BCUT2D eigenvalue weighted by Gasteiger charge is 2.51. The second kappa shape index (κ2) is 2.58. The van der Waals surface area contributed by atoms with Gasteiger partial charge in [0.2, 0.25) is 0 Å². The fraction of sp³-hybridized carbons (Fsp3) is 0.700. The summed E-state index contributed by atoms with van der Waals surface area (Å²) in [5.41, 5.74) is 2.16. The molecule has 1 saturated carbocycles. The highest BCUT2D eigenvalue weighted by atomic mass is 16.3. The van der Waals surface area contributed by atoms with Crippen molar-refractivity contribution < 1.29 is 10.2 Å². The molecule has 0 spiro atoms. The van der Waals surface area contributed by atoms with Crippen molar-refractivity contribution in [3.05, 3.63) is 17.5 Å². The maximum Gasteiger partial charge on any atom is 0.0889 e. The topological polar surface area (TPSA) is 58.3 Å². The molecule has 1 aromatic heterocycles. The predicted octanol–water partition coefficient (Wildman–Crippen LogP) is 0.209. The second-order valence-corrected chi connectivity index (χ2v) is 4.26. The molecule has 4 atom stereocenters. The molecule has 0 saturated heterocycles. The minimum atomic E-state index is -0.604. The zero-order chi connectivity index (χ0) is 9.87. The maximum atomic E-state index is 9.73. The summed E-state index contributed by atoms with van der Waals surface area (Å²) < 4.78 is 1.88. The van der Waals surface area contributed by atoms with Gasteiger partial charge in [0, 0.05) is 24.6 Å². The van der Waals surface area contributed by atoms with Crippen LogP contribution in [0, 0.1) is 0 Å². The Morgan fingerprint density at radius 2 is 2.14 bits per heavy atom. The number of fused-ring (bicyclic) bond motifs is 5. The molecule has 76 valence electrons. The van der Waals surface area contributed by atoms with Crippen LogP contribution in [-0.2, 0) is 6.54 Å². The molecule has 1 fully saturated rings. The number of nitrogens with zero attached hydrogens (tertiary/aromatic N) is 2. The van der Waals surface area contributed by atoms with Gasteiger partial charge in [0.1, 0.15) is 0 Å². The molecule has 2 aliphatic rings. The average Bonchev–Trinajstić information content (AvgIpc) is 2.78. The first-order valence-electron chi connectivity index (χ1n) is 5.15. The largest absolute Gasteiger partial charge is 0.390 e. The van der Waals surface area contributed by atoms with Crippen LogP contribution >= 0.6 is 0 Å². The van der Waals surface area contributed by atoms with Crippen LogP contribution in [0.25, 0.3) is 0 Å².